The lowest BCUT2D eigenvalue weighted by atomic mass is 10.3. The molecule has 0 aromatic carbocycles. The quantitative estimate of drug-likeness (QED) is 0.231. The van der Waals surface area contributed by atoms with E-state index >= 15 is 0 Å². The molecule has 6 heteroatoms. The molecule has 0 amide bonds. The van der Waals surface area contributed by atoms with E-state index in [1.807, 2.05) is 13.0 Å². The number of thioether (sulfide) groups is 1. The van der Waals surface area contributed by atoms with Crippen molar-refractivity contribution in [2.75, 3.05) is 6.61 Å². The Labute approximate surface area is 92.0 Å². The molecule has 82 valence electrons. The summed E-state index contributed by atoms with van der Waals surface area (Å²) in [7, 11) is 0. The smallest absolute Gasteiger partial charge is 0.188 e. The number of aliphatic hydroxyl groups excluding tert-OH is 1. The Hall–Kier alpha value is -1.27. The monoisotopic (exact) mass is 227 g/mol. The Bertz CT molecular complexity index is 357. The lowest BCUT2D eigenvalue weighted by molar-refractivity contribution is 0.300. The van der Waals surface area contributed by atoms with Gasteiger partial charge in [0, 0.05) is 16.3 Å². The average Bonchev–Trinajstić information content (AvgIpc) is 2.28. The van der Waals surface area contributed by atoms with Gasteiger partial charge in [0.25, 0.3) is 0 Å². The maximum absolute atomic E-state index is 8.90. The fourth-order valence-electron chi connectivity index (χ4n) is 0.945. The summed E-state index contributed by atoms with van der Waals surface area (Å²) in [6.07, 6.45) is 1.58. The van der Waals surface area contributed by atoms with Crippen molar-refractivity contribution in [1.29, 1.82) is 0 Å². The van der Waals surface area contributed by atoms with Gasteiger partial charge in [-0.1, -0.05) is 12.1 Å². The van der Waals surface area contributed by atoms with E-state index in [0.29, 0.717) is 5.69 Å². The third-order valence-corrected chi connectivity index (χ3v) is 2.77. The van der Waals surface area contributed by atoms with Crippen LogP contribution in [0.5, 0.6) is 0 Å². The maximum Gasteiger partial charge on any atom is 0.188 e. The molecule has 0 fully saturated rings. The molecule has 4 N–H and O–H groups in total. The van der Waals surface area contributed by atoms with Crippen LogP contribution in [0.15, 0.2) is 28.4 Å². The van der Waals surface area contributed by atoms with Crippen molar-refractivity contribution in [3.8, 4) is 0 Å². The summed E-state index contributed by atoms with van der Waals surface area (Å²) in [6.45, 7) is 2.01. The number of hydrogen-bond acceptors (Lipinski definition) is 5. The van der Waals surface area contributed by atoms with Crippen molar-refractivity contribution in [3.63, 3.8) is 0 Å². The van der Waals surface area contributed by atoms with E-state index in [4.69, 9.17) is 16.0 Å². The van der Waals surface area contributed by atoms with Crippen LogP contribution in [0.2, 0.25) is 0 Å². The summed E-state index contributed by atoms with van der Waals surface area (Å²) in [6, 6.07) is 3.52. The molecule has 5 nitrogen and oxygen atoms in total. The number of amidine groups is 1. The Morgan fingerprint density at radius 3 is 3.07 bits per heavy atom. The van der Waals surface area contributed by atoms with Gasteiger partial charge in [-0.05, 0) is 12.1 Å². The summed E-state index contributed by atoms with van der Waals surface area (Å²) >= 11 is 1.50. The van der Waals surface area contributed by atoms with Crippen LogP contribution in [-0.4, -0.2) is 33.0 Å². The van der Waals surface area contributed by atoms with Crippen molar-refractivity contribution in [2.24, 2.45) is 10.9 Å². The van der Waals surface area contributed by atoms with E-state index in [9.17, 15) is 0 Å². The molecule has 1 aromatic rings. The van der Waals surface area contributed by atoms with E-state index in [2.05, 4.69) is 10.1 Å². The number of nitrogens with zero attached hydrogens (tertiary/aromatic N) is 2. The third-order valence-electron chi connectivity index (χ3n) is 1.70. The second-order valence-corrected chi connectivity index (χ2v) is 4.48. The molecule has 0 bridgehead atoms. The largest absolute Gasteiger partial charge is 0.409 e. The van der Waals surface area contributed by atoms with Gasteiger partial charge in [0.2, 0.25) is 0 Å². The number of aromatic nitrogens is 1. The predicted molar refractivity (Wildman–Crippen MR) is 59.2 cm³/mol. The highest BCUT2D eigenvalue weighted by Gasteiger charge is 2.06. The predicted octanol–water partition coefficient (Wildman–Crippen LogP) is 0.649. The van der Waals surface area contributed by atoms with Gasteiger partial charge >= 0.3 is 0 Å². The molecule has 0 aliphatic heterocycles. The number of aliphatic hydroxyl groups is 1. The molecule has 1 atom stereocenters. The van der Waals surface area contributed by atoms with Gasteiger partial charge in [-0.3, -0.25) is 4.98 Å². The standard InChI is InChI=1S/C9H13N3O2S/c1-6(5-13)15-7-2-3-11-8(4-7)9(10)12-14/h2-4,6,13-14H,5H2,1H3,(H2,10,12). The topological polar surface area (TPSA) is 91.7 Å². The third kappa shape index (κ3) is 3.41. The minimum Gasteiger partial charge on any atom is -0.409 e. The van der Waals surface area contributed by atoms with E-state index in [0.717, 1.165) is 4.90 Å². The number of pyridine rings is 1. The zero-order valence-corrected chi connectivity index (χ0v) is 9.11. The Balaban J connectivity index is 2.83. The fraction of sp³-hybridized carbons (Fsp3) is 0.333. The minimum absolute atomic E-state index is 0.0194. The molecular weight excluding hydrogens is 214 g/mol. The highest BCUT2D eigenvalue weighted by atomic mass is 32.2. The van der Waals surface area contributed by atoms with Crippen LogP contribution in [0.4, 0.5) is 0 Å². The first kappa shape index (κ1) is 11.8. The number of rotatable bonds is 4. The van der Waals surface area contributed by atoms with Gasteiger partial charge in [0.15, 0.2) is 5.84 Å². The van der Waals surface area contributed by atoms with Crippen molar-refractivity contribution in [2.45, 2.75) is 17.1 Å². The zero-order chi connectivity index (χ0) is 11.3. The van der Waals surface area contributed by atoms with E-state index < -0.39 is 0 Å². The molecule has 0 radical (unpaired) electrons. The van der Waals surface area contributed by atoms with Gasteiger partial charge in [0.05, 0.1) is 6.61 Å². The van der Waals surface area contributed by atoms with E-state index in [-0.39, 0.29) is 17.7 Å². The first-order chi connectivity index (χ1) is 7.17. The summed E-state index contributed by atoms with van der Waals surface area (Å²) < 4.78 is 0. The summed E-state index contributed by atoms with van der Waals surface area (Å²) in [5, 5.41) is 20.4. The van der Waals surface area contributed by atoms with Crippen LogP contribution in [0.3, 0.4) is 0 Å². The van der Waals surface area contributed by atoms with Gasteiger partial charge in [-0.25, -0.2) is 0 Å². The number of hydrogen-bond donors (Lipinski definition) is 3. The van der Waals surface area contributed by atoms with Crippen LogP contribution in [0.1, 0.15) is 12.6 Å². The van der Waals surface area contributed by atoms with Gasteiger partial charge in [-0.2, -0.15) is 0 Å². The van der Waals surface area contributed by atoms with Crippen molar-refractivity contribution in [3.05, 3.63) is 24.0 Å². The van der Waals surface area contributed by atoms with Crippen LogP contribution in [0.25, 0.3) is 0 Å². The Morgan fingerprint density at radius 1 is 1.73 bits per heavy atom. The normalized spacial score (nSPS) is 13.9. The SMILES string of the molecule is CC(CO)Sc1ccnc(/C(N)=N/O)c1. The molecule has 1 aromatic heterocycles. The second-order valence-electron chi connectivity index (χ2n) is 2.97. The van der Waals surface area contributed by atoms with Crippen LogP contribution >= 0.6 is 11.8 Å². The Kier molecular flexibility index (Phi) is 4.38. The van der Waals surface area contributed by atoms with Crippen LogP contribution in [-0.2, 0) is 0 Å². The minimum atomic E-state index is -0.0194. The van der Waals surface area contributed by atoms with Crippen molar-refractivity contribution < 1.29 is 10.3 Å². The maximum atomic E-state index is 8.90. The van der Waals surface area contributed by atoms with Crippen LogP contribution in [0, 0.1) is 0 Å². The molecule has 0 aliphatic rings. The number of nitrogens with two attached hydrogens (primary N) is 1. The second kappa shape index (κ2) is 5.57. The molecule has 1 unspecified atom stereocenters. The zero-order valence-electron chi connectivity index (χ0n) is 8.29. The number of oxime groups is 1. The van der Waals surface area contributed by atoms with E-state index in [1.54, 1.807) is 12.3 Å². The first-order valence-electron chi connectivity index (χ1n) is 4.39. The molecule has 1 rings (SSSR count). The molecule has 0 saturated carbocycles. The van der Waals surface area contributed by atoms with Gasteiger partial charge in [0.1, 0.15) is 5.69 Å². The molecule has 0 saturated heterocycles. The Morgan fingerprint density at radius 2 is 2.47 bits per heavy atom. The highest BCUT2D eigenvalue weighted by Crippen LogP contribution is 2.22. The molecule has 1 heterocycles. The lowest BCUT2D eigenvalue weighted by Crippen LogP contribution is -2.14. The highest BCUT2D eigenvalue weighted by molar-refractivity contribution is 8.00. The lowest BCUT2D eigenvalue weighted by Gasteiger charge is -2.07. The summed E-state index contributed by atoms with van der Waals surface area (Å²) in [5.74, 6) is -0.0194. The summed E-state index contributed by atoms with van der Waals surface area (Å²) in [5.41, 5.74) is 5.83. The molecular formula is C9H13N3O2S. The van der Waals surface area contributed by atoms with E-state index in [1.165, 1.54) is 11.8 Å². The van der Waals surface area contributed by atoms with Crippen molar-refractivity contribution >= 4 is 17.6 Å². The molecule has 0 aliphatic carbocycles. The first-order valence-corrected chi connectivity index (χ1v) is 5.26. The molecule has 15 heavy (non-hydrogen) atoms. The molecule has 0 spiro atoms. The van der Waals surface area contributed by atoms with Crippen molar-refractivity contribution in [1.82, 2.24) is 4.98 Å². The summed E-state index contributed by atoms with van der Waals surface area (Å²) in [4.78, 5) is 4.88. The van der Waals surface area contributed by atoms with Crippen LogP contribution < -0.4 is 5.73 Å². The van der Waals surface area contributed by atoms with Gasteiger partial charge in [-0.15, -0.1) is 11.8 Å². The average molecular weight is 227 g/mol. The fourth-order valence-corrected chi connectivity index (χ4v) is 1.80. The van der Waals surface area contributed by atoms with Gasteiger partial charge < -0.3 is 16.0 Å².